The first-order chi connectivity index (χ1) is 8.33. The van der Waals surface area contributed by atoms with E-state index in [1.165, 1.54) is 16.7 Å². The van der Waals surface area contributed by atoms with Crippen molar-refractivity contribution >= 4 is 17.3 Å². The van der Waals surface area contributed by atoms with Crippen molar-refractivity contribution in [1.29, 1.82) is 0 Å². The highest BCUT2D eigenvalue weighted by molar-refractivity contribution is 5.83. The Morgan fingerprint density at radius 1 is 1.06 bits per heavy atom. The maximum absolute atomic E-state index is 5.79. The number of hydrogen-bond acceptors (Lipinski definition) is 2. The molecule has 0 atom stereocenters. The van der Waals surface area contributed by atoms with Crippen LogP contribution in [0.3, 0.4) is 0 Å². The van der Waals surface area contributed by atoms with Crippen LogP contribution in [0.25, 0.3) is 11.6 Å². The zero-order valence-corrected chi connectivity index (χ0v) is 9.56. The third-order valence-electron chi connectivity index (χ3n) is 3.16. The molecule has 2 N–H and O–H groups in total. The summed E-state index contributed by atoms with van der Waals surface area (Å²) in [5, 5.41) is 0. The number of nitrogens with two attached hydrogens (primary N) is 1. The van der Waals surface area contributed by atoms with Crippen LogP contribution < -0.4 is 5.73 Å². The Kier molecular flexibility index (Phi) is 2.41. The summed E-state index contributed by atoms with van der Waals surface area (Å²) in [4.78, 5) is 4.39. The van der Waals surface area contributed by atoms with Gasteiger partial charge in [-0.15, -0.1) is 0 Å². The molecule has 84 valence electrons. The lowest BCUT2D eigenvalue weighted by atomic mass is 9.90. The summed E-state index contributed by atoms with van der Waals surface area (Å²) in [5.41, 5.74) is 11.6. The summed E-state index contributed by atoms with van der Waals surface area (Å²) in [5.74, 6) is 0. The second-order valence-electron chi connectivity index (χ2n) is 4.34. The van der Waals surface area contributed by atoms with Crippen LogP contribution in [0.4, 0.5) is 5.69 Å². The smallest absolute Gasteiger partial charge is 0.0682 e. The maximum atomic E-state index is 5.79. The Morgan fingerprint density at radius 3 is 2.82 bits per heavy atom. The van der Waals surface area contributed by atoms with Gasteiger partial charge < -0.3 is 5.73 Å². The van der Waals surface area contributed by atoms with Gasteiger partial charge in [0, 0.05) is 11.9 Å². The van der Waals surface area contributed by atoms with Gasteiger partial charge in [-0.2, -0.15) is 0 Å². The van der Waals surface area contributed by atoms with Gasteiger partial charge >= 0.3 is 0 Å². The van der Waals surface area contributed by atoms with Crippen LogP contribution in [-0.4, -0.2) is 4.98 Å². The van der Waals surface area contributed by atoms with Gasteiger partial charge in [0.25, 0.3) is 0 Å². The largest absolute Gasteiger partial charge is 0.399 e. The quantitative estimate of drug-likeness (QED) is 0.805. The summed E-state index contributed by atoms with van der Waals surface area (Å²) >= 11 is 0. The van der Waals surface area contributed by atoms with Gasteiger partial charge in [-0.1, -0.05) is 24.3 Å². The van der Waals surface area contributed by atoms with E-state index in [0.717, 1.165) is 24.2 Å². The molecule has 0 saturated carbocycles. The van der Waals surface area contributed by atoms with Crippen molar-refractivity contribution in [3.63, 3.8) is 0 Å². The molecule has 2 nitrogen and oxygen atoms in total. The fourth-order valence-electron chi connectivity index (χ4n) is 2.26. The molecule has 1 heterocycles. The third-order valence-corrected chi connectivity index (χ3v) is 3.16. The molecule has 1 aliphatic rings. The minimum atomic E-state index is 0.773. The van der Waals surface area contributed by atoms with Crippen LogP contribution in [0.2, 0.25) is 0 Å². The number of nitrogen functional groups attached to an aromatic ring is 1. The van der Waals surface area contributed by atoms with Crippen LogP contribution in [0.5, 0.6) is 0 Å². The molecule has 0 radical (unpaired) electrons. The topological polar surface area (TPSA) is 38.9 Å². The Bertz CT molecular complexity index is 585. The predicted molar refractivity (Wildman–Crippen MR) is 71.3 cm³/mol. The van der Waals surface area contributed by atoms with Crippen LogP contribution in [0.15, 0.2) is 42.6 Å². The van der Waals surface area contributed by atoms with Crippen LogP contribution in [-0.2, 0) is 6.42 Å². The molecule has 0 spiro atoms. The fourth-order valence-corrected chi connectivity index (χ4v) is 2.26. The lowest BCUT2D eigenvalue weighted by molar-refractivity contribution is 0.991. The number of anilines is 1. The molecule has 0 amide bonds. The van der Waals surface area contributed by atoms with E-state index in [2.05, 4.69) is 35.3 Å². The number of nitrogens with zero attached hydrogens (tertiary/aromatic N) is 1. The normalized spacial score (nSPS) is 14.0. The lowest BCUT2D eigenvalue weighted by Gasteiger charge is -2.16. The summed E-state index contributed by atoms with van der Waals surface area (Å²) in [6, 6.07) is 12.3. The van der Waals surface area contributed by atoms with Gasteiger partial charge in [-0.25, -0.2) is 0 Å². The van der Waals surface area contributed by atoms with Gasteiger partial charge in [0.15, 0.2) is 0 Å². The van der Waals surface area contributed by atoms with Gasteiger partial charge in [0.05, 0.1) is 5.69 Å². The van der Waals surface area contributed by atoms with Crippen LogP contribution >= 0.6 is 0 Å². The van der Waals surface area contributed by atoms with Crippen molar-refractivity contribution in [2.45, 2.75) is 12.8 Å². The molecule has 1 aromatic carbocycles. The van der Waals surface area contributed by atoms with Gasteiger partial charge in [0.2, 0.25) is 0 Å². The molecule has 2 heteroatoms. The van der Waals surface area contributed by atoms with Crippen molar-refractivity contribution in [2.24, 2.45) is 0 Å². The first-order valence-electron chi connectivity index (χ1n) is 5.83. The van der Waals surface area contributed by atoms with Crippen LogP contribution in [0.1, 0.15) is 23.2 Å². The number of allylic oxidation sites excluding steroid dienone is 1. The molecule has 3 rings (SSSR count). The van der Waals surface area contributed by atoms with Gasteiger partial charge in [-0.3, -0.25) is 4.98 Å². The SMILES string of the molecule is Nc1ccnc(C2=Cc3ccccc3CC2)c1. The maximum Gasteiger partial charge on any atom is 0.0682 e. The second kappa shape index (κ2) is 4.06. The number of fused-ring (bicyclic) bond motifs is 1. The standard InChI is InChI=1S/C15H14N2/c16-14-7-8-17-15(10-14)13-6-5-11-3-1-2-4-12(11)9-13/h1-4,7-10H,5-6H2,(H2,16,17). The van der Waals surface area contributed by atoms with Crippen molar-refractivity contribution in [2.75, 3.05) is 5.73 Å². The molecule has 0 aliphatic heterocycles. The van der Waals surface area contributed by atoms with E-state index >= 15 is 0 Å². The molecule has 2 aromatic rings. The molecule has 0 bridgehead atoms. The number of pyridine rings is 1. The van der Waals surface area contributed by atoms with Crippen molar-refractivity contribution in [3.05, 3.63) is 59.4 Å². The second-order valence-corrected chi connectivity index (χ2v) is 4.34. The highest BCUT2D eigenvalue weighted by Crippen LogP contribution is 2.29. The number of rotatable bonds is 1. The number of hydrogen-bond donors (Lipinski definition) is 1. The van der Waals surface area contributed by atoms with E-state index in [1.54, 1.807) is 6.20 Å². The van der Waals surface area contributed by atoms with E-state index in [1.807, 2.05) is 12.1 Å². The summed E-state index contributed by atoms with van der Waals surface area (Å²) < 4.78 is 0. The summed E-state index contributed by atoms with van der Waals surface area (Å²) in [6.07, 6.45) is 6.11. The minimum Gasteiger partial charge on any atom is -0.399 e. The Morgan fingerprint density at radius 2 is 1.94 bits per heavy atom. The fraction of sp³-hybridized carbons (Fsp3) is 0.133. The Balaban J connectivity index is 2.04. The monoisotopic (exact) mass is 222 g/mol. The molecule has 0 saturated heterocycles. The van der Waals surface area contributed by atoms with Gasteiger partial charge in [0.1, 0.15) is 0 Å². The number of benzene rings is 1. The molecule has 0 unspecified atom stereocenters. The van der Waals surface area contributed by atoms with Crippen LogP contribution in [0, 0.1) is 0 Å². The predicted octanol–water partition coefficient (Wildman–Crippen LogP) is 3.15. The third kappa shape index (κ3) is 1.94. The van der Waals surface area contributed by atoms with Crippen molar-refractivity contribution < 1.29 is 0 Å². The average molecular weight is 222 g/mol. The number of aryl methyl sites for hydroxylation is 1. The van der Waals surface area contributed by atoms with Gasteiger partial charge in [-0.05, 0) is 47.8 Å². The Labute approximate surface area is 101 Å². The number of aromatic nitrogens is 1. The highest BCUT2D eigenvalue weighted by atomic mass is 14.7. The molecule has 1 aliphatic carbocycles. The van der Waals surface area contributed by atoms with E-state index in [4.69, 9.17) is 5.73 Å². The molecule has 0 fully saturated rings. The lowest BCUT2D eigenvalue weighted by Crippen LogP contribution is -2.00. The molecule has 1 aromatic heterocycles. The Hall–Kier alpha value is -2.09. The molecule has 17 heavy (non-hydrogen) atoms. The van der Waals surface area contributed by atoms with E-state index in [-0.39, 0.29) is 0 Å². The average Bonchev–Trinajstić information content (AvgIpc) is 2.38. The molecular formula is C15H14N2. The highest BCUT2D eigenvalue weighted by Gasteiger charge is 2.11. The zero-order chi connectivity index (χ0) is 11.7. The van der Waals surface area contributed by atoms with E-state index in [9.17, 15) is 0 Å². The summed E-state index contributed by atoms with van der Waals surface area (Å²) in [7, 11) is 0. The first-order valence-corrected chi connectivity index (χ1v) is 5.83. The van der Waals surface area contributed by atoms with E-state index in [0.29, 0.717) is 0 Å². The summed E-state index contributed by atoms with van der Waals surface area (Å²) in [6.45, 7) is 0. The van der Waals surface area contributed by atoms with Crippen molar-refractivity contribution in [3.8, 4) is 0 Å². The zero-order valence-electron chi connectivity index (χ0n) is 9.56. The molecular weight excluding hydrogens is 208 g/mol. The first kappa shape index (κ1) is 10.1. The van der Waals surface area contributed by atoms with Crippen molar-refractivity contribution in [1.82, 2.24) is 4.98 Å². The minimum absolute atomic E-state index is 0.773. The van der Waals surface area contributed by atoms with E-state index < -0.39 is 0 Å².